The molecule has 1 heterocycles. The number of hydrogen-bond acceptors (Lipinski definition) is 3. The Morgan fingerprint density at radius 2 is 2.08 bits per heavy atom. The molecule has 1 aromatic heterocycles. The van der Waals surface area contributed by atoms with E-state index in [1.165, 1.54) is 0 Å². The van der Waals surface area contributed by atoms with E-state index in [1.807, 2.05) is 18.2 Å². The number of hydrogen-bond donors (Lipinski definition) is 2. The van der Waals surface area contributed by atoms with Crippen molar-refractivity contribution in [3.05, 3.63) is 51.1 Å². The van der Waals surface area contributed by atoms with Crippen molar-refractivity contribution in [2.45, 2.75) is 45.1 Å². The van der Waals surface area contributed by atoms with Crippen LogP contribution >= 0.6 is 0 Å². The highest BCUT2D eigenvalue weighted by Crippen LogP contribution is 2.46. The summed E-state index contributed by atoms with van der Waals surface area (Å²) in [5.41, 5.74) is 8.93. The number of nitrogens with two attached hydrogens (primary N) is 1. The molecular weight excluding hydrogens is 312 g/mol. The lowest BCUT2D eigenvalue weighted by Crippen LogP contribution is -2.24. The smallest absolute Gasteiger partial charge is 0.323 e. The van der Waals surface area contributed by atoms with E-state index in [-0.39, 0.29) is 30.0 Å². The van der Waals surface area contributed by atoms with Gasteiger partial charge in [-0.25, -0.2) is 4.79 Å². The standard InChI is InChI=1S/C18H19F2N3O/c1-17(2)8-10-7-9(3-4-11(10)14(17)21)13-12-5-6-18(19,20)15(12)23-16(24)22-13/h3-4,7,14H,5-6,8,21H2,1-2H3,(H,22,23,24). The fourth-order valence-electron chi connectivity index (χ4n) is 3.93. The molecule has 126 valence electrons. The topological polar surface area (TPSA) is 71.8 Å². The van der Waals surface area contributed by atoms with Crippen LogP contribution in [0.4, 0.5) is 8.78 Å². The van der Waals surface area contributed by atoms with E-state index in [2.05, 4.69) is 23.8 Å². The Kier molecular flexibility index (Phi) is 3.04. The van der Waals surface area contributed by atoms with Crippen molar-refractivity contribution < 1.29 is 8.78 Å². The van der Waals surface area contributed by atoms with Crippen LogP contribution in [0.3, 0.4) is 0 Å². The zero-order valence-corrected chi connectivity index (χ0v) is 13.6. The van der Waals surface area contributed by atoms with Gasteiger partial charge in [0.2, 0.25) is 0 Å². The molecule has 1 atom stereocenters. The number of aromatic nitrogens is 2. The highest BCUT2D eigenvalue weighted by Gasteiger charge is 2.42. The Bertz CT molecular complexity index is 902. The summed E-state index contributed by atoms with van der Waals surface area (Å²) in [6.45, 7) is 4.22. The van der Waals surface area contributed by atoms with Crippen LogP contribution in [0.5, 0.6) is 0 Å². The predicted octanol–water partition coefficient (Wildman–Crippen LogP) is 3.06. The summed E-state index contributed by atoms with van der Waals surface area (Å²) in [6.07, 6.45) is 0.738. The molecule has 3 N–H and O–H groups in total. The summed E-state index contributed by atoms with van der Waals surface area (Å²) in [7, 11) is 0. The van der Waals surface area contributed by atoms with Crippen molar-refractivity contribution >= 4 is 0 Å². The van der Waals surface area contributed by atoms with Gasteiger partial charge in [0.25, 0.3) is 5.92 Å². The number of nitrogens with zero attached hydrogens (tertiary/aromatic N) is 1. The largest absolute Gasteiger partial charge is 0.345 e. The maximum Gasteiger partial charge on any atom is 0.345 e. The molecule has 2 aromatic rings. The number of halogens is 2. The summed E-state index contributed by atoms with van der Waals surface area (Å²) in [4.78, 5) is 18.0. The van der Waals surface area contributed by atoms with Gasteiger partial charge in [-0.3, -0.25) is 0 Å². The van der Waals surface area contributed by atoms with Crippen molar-refractivity contribution in [3.63, 3.8) is 0 Å². The second-order valence-electron chi connectivity index (χ2n) is 7.51. The summed E-state index contributed by atoms with van der Waals surface area (Å²) >= 11 is 0. The second-order valence-corrected chi connectivity index (χ2v) is 7.51. The Balaban J connectivity index is 1.87. The Morgan fingerprint density at radius 1 is 1.33 bits per heavy atom. The first-order valence-electron chi connectivity index (χ1n) is 8.09. The quantitative estimate of drug-likeness (QED) is 0.843. The fraction of sp³-hybridized carbons (Fsp3) is 0.444. The van der Waals surface area contributed by atoms with Crippen molar-refractivity contribution in [2.75, 3.05) is 0 Å². The number of H-pyrrole nitrogens is 1. The third kappa shape index (κ3) is 2.13. The molecule has 0 saturated carbocycles. The normalized spacial score (nSPS) is 23.1. The molecule has 0 saturated heterocycles. The summed E-state index contributed by atoms with van der Waals surface area (Å²) in [6, 6.07) is 5.66. The van der Waals surface area contributed by atoms with Crippen LogP contribution in [0.25, 0.3) is 11.3 Å². The van der Waals surface area contributed by atoms with Gasteiger partial charge < -0.3 is 10.7 Å². The lowest BCUT2D eigenvalue weighted by molar-refractivity contribution is -0.00618. The highest BCUT2D eigenvalue weighted by atomic mass is 19.3. The van der Waals surface area contributed by atoms with Crippen LogP contribution in [-0.4, -0.2) is 9.97 Å². The molecule has 0 radical (unpaired) electrons. The number of rotatable bonds is 1. The molecule has 0 amide bonds. The van der Waals surface area contributed by atoms with Gasteiger partial charge in [0.15, 0.2) is 0 Å². The molecule has 1 aromatic carbocycles. The Hall–Kier alpha value is -2.08. The molecule has 0 fully saturated rings. The van der Waals surface area contributed by atoms with Crippen LogP contribution in [0.15, 0.2) is 23.0 Å². The van der Waals surface area contributed by atoms with Crippen molar-refractivity contribution in [1.82, 2.24) is 9.97 Å². The van der Waals surface area contributed by atoms with Crippen LogP contribution in [0.2, 0.25) is 0 Å². The fourth-order valence-corrected chi connectivity index (χ4v) is 3.93. The SMILES string of the molecule is CC1(C)Cc2cc(-c3nc(=O)[nH]c4c3CCC4(F)F)ccc2C1N. The van der Waals surface area contributed by atoms with Crippen molar-refractivity contribution in [2.24, 2.45) is 11.1 Å². The van der Waals surface area contributed by atoms with Gasteiger partial charge in [-0.15, -0.1) is 0 Å². The predicted molar refractivity (Wildman–Crippen MR) is 86.9 cm³/mol. The first-order chi connectivity index (χ1) is 11.2. The minimum Gasteiger partial charge on any atom is -0.323 e. The number of aromatic amines is 1. The molecule has 2 aliphatic carbocycles. The van der Waals surface area contributed by atoms with Crippen LogP contribution < -0.4 is 11.4 Å². The minimum absolute atomic E-state index is 0.0441. The monoisotopic (exact) mass is 331 g/mol. The van der Waals surface area contributed by atoms with E-state index in [0.29, 0.717) is 16.8 Å². The van der Waals surface area contributed by atoms with Gasteiger partial charge in [-0.05, 0) is 35.4 Å². The Labute approximate surface area is 138 Å². The molecule has 6 heteroatoms. The van der Waals surface area contributed by atoms with Crippen LogP contribution in [0, 0.1) is 5.41 Å². The lowest BCUT2D eigenvalue weighted by Gasteiger charge is -2.23. The number of nitrogens with one attached hydrogen (secondary N) is 1. The maximum atomic E-state index is 14.0. The van der Waals surface area contributed by atoms with Gasteiger partial charge in [0, 0.05) is 23.6 Å². The maximum absolute atomic E-state index is 14.0. The molecular formula is C18H19F2N3O. The third-order valence-corrected chi connectivity index (χ3v) is 5.33. The van der Waals surface area contributed by atoms with Gasteiger partial charge >= 0.3 is 5.69 Å². The van der Waals surface area contributed by atoms with E-state index >= 15 is 0 Å². The minimum atomic E-state index is -2.99. The van der Waals surface area contributed by atoms with Crippen molar-refractivity contribution in [1.29, 1.82) is 0 Å². The van der Waals surface area contributed by atoms with Gasteiger partial charge in [0.1, 0.15) is 0 Å². The van der Waals surface area contributed by atoms with Crippen molar-refractivity contribution in [3.8, 4) is 11.3 Å². The van der Waals surface area contributed by atoms with Crippen LogP contribution in [-0.2, 0) is 18.8 Å². The van der Waals surface area contributed by atoms with E-state index in [9.17, 15) is 13.6 Å². The summed E-state index contributed by atoms with van der Waals surface area (Å²) in [5, 5.41) is 0. The molecule has 0 bridgehead atoms. The molecule has 2 aliphatic rings. The van der Waals surface area contributed by atoms with E-state index in [1.54, 1.807) is 0 Å². The van der Waals surface area contributed by atoms with Gasteiger partial charge in [0.05, 0.1) is 11.4 Å². The number of benzene rings is 1. The Morgan fingerprint density at radius 3 is 2.83 bits per heavy atom. The average molecular weight is 331 g/mol. The number of alkyl halides is 2. The summed E-state index contributed by atoms with van der Waals surface area (Å²) in [5.74, 6) is -2.99. The van der Waals surface area contributed by atoms with E-state index in [4.69, 9.17) is 5.73 Å². The first-order valence-corrected chi connectivity index (χ1v) is 8.09. The number of fused-ring (bicyclic) bond motifs is 2. The van der Waals surface area contributed by atoms with E-state index < -0.39 is 11.6 Å². The average Bonchev–Trinajstić information content (AvgIpc) is 2.92. The van der Waals surface area contributed by atoms with E-state index in [0.717, 1.165) is 17.5 Å². The highest BCUT2D eigenvalue weighted by molar-refractivity contribution is 5.67. The molecule has 24 heavy (non-hydrogen) atoms. The lowest BCUT2D eigenvalue weighted by atomic mass is 9.86. The molecule has 1 unspecified atom stereocenters. The van der Waals surface area contributed by atoms with Gasteiger partial charge in [-0.2, -0.15) is 13.8 Å². The molecule has 4 nitrogen and oxygen atoms in total. The zero-order valence-electron chi connectivity index (χ0n) is 13.6. The third-order valence-electron chi connectivity index (χ3n) is 5.33. The molecule has 0 aliphatic heterocycles. The summed E-state index contributed by atoms with van der Waals surface area (Å²) < 4.78 is 27.9. The van der Waals surface area contributed by atoms with Crippen LogP contribution in [0.1, 0.15) is 48.7 Å². The molecule has 0 spiro atoms. The second kappa shape index (κ2) is 4.72. The zero-order chi connectivity index (χ0) is 17.3. The molecule has 4 rings (SSSR count). The first kappa shape index (κ1) is 15.4. The van der Waals surface area contributed by atoms with Gasteiger partial charge in [-0.1, -0.05) is 26.0 Å².